The Morgan fingerprint density at radius 1 is 1.29 bits per heavy atom. The van der Waals surface area contributed by atoms with E-state index in [0.717, 1.165) is 6.07 Å². The molecule has 2 aliphatic rings. The lowest BCUT2D eigenvalue weighted by Gasteiger charge is -2.35. The summed E-state index contributed by atoms with van der Waals surface area (Å²) in [5.74, 6) is -2.93. The normalized spacial score (nSPS) is 23.0. The molecule has 1 saturated carbocycles. The van der Waals surface area contributed by atoms with Gasteiger partial charge in [0, 0.05) is 28.9 Å². The van der Waals surface area contributed by atoms with Crippen molar-refractivity contribution in [2.24, 2.45) is 16.0 Å². The fourth-order valence-corrected chi connectivity index (χ4v) is 5.92. The van der Waals surface area contributed by atoms with E-state index < -0.39 is 38.9 Å². The van der Waals surface area contributed by atoms with Crippen LogP contribution in [-0.4, -0.2) is 38.4 Å². The number of nitrogens with two attached hydrogens (primary N) is 1. The van der Waals surface area contributed by atoms with Gasteiger partial charge in [0.25, 0.3) is 10.2 Å². The third-order valence-electron chi connectivity index (χ3n) is 5.94. The first-order chi connectivity index (χ1) is 16.6. The molecule has 1 fully saturated rings. The van der Waals surface area contributed by atoms with Crippen molar-refractivity contribution in [1.29, 1.82) is 0 Å². The zero-order valence-corrected chi connectivity index (χ0v) is 20.8. The largest absolute Gasteiger partial charge is 0.466 e. The highest BCUT2D eigenvalue weighted by atomic mass is 35.5. The molecule has 14 heteroatoms. The third kappa shape index (κ3) is 5.54. The first kappa shape index (κ1) is 25.6. The molecule has 9 nitrogen and oxygen atoms in total. The van der Waals surface area contributed by atoms with E-state index in [1.165, 1.54) is 24.5 Å². The van der Waals surface area contributed by atoms with E-state index in [4.69, 9.17) is 21.5 Å². The van der Waals surface area contributed by atoms with Gasteiger partial charge in [-0.3, -0.25) is 4.99 Å². The van der Waals surface area contributed by atoms with Crippen LogP contribution >= 0.6 is 22.9 Å². The molecule has 1 aromatic heterocycles. The minimum atomic E-state index is -3.85. The number of methoxy groups -OCH3 is 1. The Hall–Kier alpha value is -2.45. The van der Waals surface area contributed by atoms with Gasteiger partial charge in [0.05, 0.1) is 17.7 Å². The van der Waals surface area contributed by atoms with E-state index in [2.05, 4.69) is 20.0 Å². The second-order valence-corrected chi connectivity index (χ2v) is 10.7. The highest BCUT2D eigenvalue weighted by molar-refractivity contribution is 7.87. The Balaban J connectivity index is 1.79. The number of halogens is 3. The number of rotatable bonds is 6. The van der Waals surface area contributed by atoms with Crippen LogP contribution in [0.2, 0.25) is 5.02 Å². The van der Waals surface area contributed by atoms with Gasteiger partial charge in [0.1, 0.15) is 6.04 Å². The second-order valence-electron chi connectivity index (χ2n) is 8.14. The molecule has 1 unspecified atom stereocenters. The number of benzene rings is 1. The second kappa shape index (κ2) is 10.3. The molecule has 1 atom stereocenters. The van der Waals surface area contributed by atoms with Crippen LogP contribution in [0.4, 0.5) is 8.78 Å². The number of nitrogens with zero attached hydrogens (tertiary/aromatic N) is 2. The molecule has 0 amide bonds. The quantitative estimate of drug-likeness (QED) is 0.377. The van der Waals surface area contributed by atoms with Crippen LogP contribution in [0.25, 0.3) is 0 Å². The molecule has 1 aromatic carbocycles. The van der Waals surface area contributed by atoms with Gasteiger partial charge in [-0.2, -0.15) is 13.1 Å². The number of carbonyl (C=O) groups is 1. The topological polar surface area (TPSA) is 136 Å². The Morgan fingerprint density at radius 3 is 2.60 bits per heavy atom. The minimum Gasteiger partial charge on any atom is -0.466 e. The Morgan fingerprint density at radius 2 is 2.00 bits per heavy atom. The van der Waals surface area contributed by atoms with Crippen molar-refractivity contribution in [1.82, 2.24) is 15.0 Å². The molecule has 4 rings (SSSR count). The molecule has 188 valence electrons. The van der Waals surface area contributed by atoms with E-state index in [-0.39, 0.29) is 23.1 Å². The fourth-order valence-electron chi connectivity index (χ4n) is 4.38. The predicted molar refractivity (Wildman–Crippen MR) is 127 cm³/mol. The van der Waals surface area contributed by atoms with Gasteiger partial charge in [-0.25, -0.2) is 23.7 Å². The van der Waals surface area contributed by atoms with E-state index in [0.29, 0.717) is 42.2 Å². The zero-order chi connectivity index (χ0) is 25.3. The molecule has 1 aliphatic heterocycles. The van der Waals surface area contributed by atoms with E-state index in [1.807, 2.05) is 0 Å². The molecule has 1 aliphatic carbocycles. The summed E-state index contributed by atoms with van der Waals surface area (Å²) in [4.78, 5) is 21.9. The van der Waals surface area contributed by atoms with Gasteiger partial charge in [0.2, 0.25) is 0 Å². The lowest BCUT2D eigenvalue weighted by atomic mass is 9.80. The summed E-state index contributed by atoms with van der Waals surface area (Å²) in [7, 11) is -2.64. The molecular formula is C21H22ClF2N5O4S2. The first-order valence-corrected chi connectivity index (χ1v) is 13.4. The van der Waals surface area contributed by atoms with E-state index in [9.17, 15) is 22.0 Å². The summed E-state index contributed by atoms with van der Waals surface area (Å²) >= 11 is 7.47. The standard InChI is InChI=1S/C21H22ClF2N5O4S2/c1-33-21(30)14-17(10-2-4-11(5-3-10)29-35(25,31)32)27-19(20-26-8-9-34-20)28-18(14)12-6-7-13(23)16(24)15(12)22/h6-11,18,29H,2-5H2,1H3,(H,27,28)(H2,25,31,32)/t10-,11-,18?. The van der Waals surface area contributed by atoms with Crippen molar-refractivity contribution < 1.29 is 26.7 Å². The Labute approximate surface area is 209 Å². The number of ether oxygens (including phenoxy) is 1. The van der Waals surface area contributed by atoms with Gasteiger partial charge >= 0.3 is 5.97 Å². The van der Waals surface area contributed by atoms with Gasteiger partial charge in [-0.1, -0.05) is 17.7 Å². The number of hydrogen-bond donors (Lipinski definition) is 3. The number of aliphatic imine (C=N–C) groups is 1. The van der Waals surface area contributed by atoms with Crippen molar-refractivity contribution in [3.63, 3.8) is 0 Å². The average Bonchev–Trinajstić information content (AvgIpc) is 3.36. The van der Waals surface area contributed by atoms with Crippen molar-refractivity contribution in [2.45, 2.75) is 37.8 Å². The van der Waals surface area contributed by atoms with Crippen LogP contribution in [-0.2, 0) is 19.7 Å². The summed E-state index contributed by atoms with van der Waals surface area (Å²) in [6.07, 6.45) is 3.56. The van der Waals surface area contributed by atoms with Gasteiger partial charge in [-0.05, 0) is 37.7 Å². The molecule has 35 heavy (non-hydrogen) atoms. The monoisotopic (exact) mass is 545 g/mol. The predicted octanol–water partition coefficient (Wildman–Crippen LogP) is 2.94. The molecule has 0 saturated heterocycles. The first-order valence-electron chi connectivity index (χ1n) is 10.6. The number of allylic oxidation sites excluding steroid dienone is 1. The maximum atomic E-state index is 14.4. The van der Waals surface area contributed by atoms with E-state index in [1.54, 1.807) is 11.6 Å². The smallest absolute Gasteiger partial charge is 0.338 e. The molecular weight excluding hydrogens is 524 g/mol. The molecule has 2 heterocycles. The van der Waals surface area contributed by atoms with Crippen molar-refractivity contribution >= 4 is 45.0 Å². The number of aromatic nitrogens is 1. The van der Waals surface area contributed by atoms with Crippen LogP contribution in [0.1, 0.15) is 42.3 Å². The van der Waals surface area contributed by atoms with Crippen LogP contribution in [0.15, 0.2) is 40.0 Å². The zero-order valence-electron chi connectivity index (χ0n) is 18.4. The summed E-state index contributed by atoms with van der Waals surface area (Å²) in [5, 5.41) is 10.1. The van der Waals surface area contributed by atoms with Gasteiger partial charge in [0.15, 0.2) is 22.5 Å². The van der Waals surface area contributed by atoms with Crippen LogP contribution < -0.4 is 15.2 Å². The van der Waals surface area contributed by atoms with Crippen molar-refractivity contribution in [3.8, 4) is 0 Å². The molecule has 0 radical (unpaired) electrons. The Kier molecular flexibility index (Phi) is 7.52. The summed E-state index contributed by atoms with van der Waals surface area (Å²) < 4.78 is 58.4. The minimum absolute atomic E-state index is 0.101. The summed E-state index contributed by atoms with van der Waals surface area (Å²) in [6.45, 7) is 0. The number of nitrogens with one attached hydrogen (secondary N) is 2. The lowest BCUT2D eigenvalue weighted by molar-refractivity contribution is -0.136. The molecule has 4 N–H and O–H groups in total. The highest BCUT2D eigenvalue weighted by Gasteiger charge is 2.38. The third-order valence-corrected chi connectivity index (χ3v) is 7.77. The average molecular weight is 546 g/mol. The van der Waals surface area contributed by atoms with Gasteiger partial charge < -0.3 is 10.1 Å². The number of hydrogen-bond acceptors (Lipinski definition) is 8. The number of thiazole rings is 1. The number of esters is 1. The van der Waals surface area contributed by atoms with E-state index >= 15 is 0 Å². The molecule has 2 aromatic rings. The lowest BCUT2D eigenvalue weighted by Crippen LogP contribution is -2.43. The SMILES string of the molecule is COC(=O)C1=C([C@H]2CC[C@H](NS(N)(=O)=O)CC2)NC(c2nccs2)=NC1c1ccc(F)c(F)c1Cl. The Bertz CT molecular complexity index is 1290. The maximum Gasteiger partial charge on any atom is 0.338 e. The van der Waals surface area contributed by atoms with Gasteiger partial charge in [-0.15, -0.1) is 11.3 Å². The van der Waals surface area contributed by atoms with Crippen LogP contribution in [0, 0.1) is 17.6 Å². The number of amidine groups is 1. The highest BCUT2D eigenvalue weighted by Crippen LogP contribution is 2.41. The molecule has 0 spiro atoms. The maximum absolute atomic E-state index is 14.4. The molecule has 0 bridgehead atoms. The van der Waals surface area contributed by atoms with Crippen LogP contribution in [0.5, 0.6) is 0 Å². The summed E-state index contributed by atoms with van der Waals surface area (Å²) in [6, 6.07) is 0.791. The number of carbonyl (C=O) groups excluding carboxylic acids is 1. The fraction of sp³-hybridized carbons (Fsp3) is 0.381. The van der Waals surface area contributed by atoms with Crippen molar-refractivity contribution in [2.75, 3.05) is 7.11 Å². The van der Waals surface area contributed by atoms with Crippen molar-refractivity contribution in [3.05, 3.63) is 62.2 Å². The van der Waals surface area contributed by atoms with Crippen LogP contribution in [0.3, 0.4) is 0 Å². The summed E-state index contributed by atoms with van der Waals surface area (Å²) in [5.41, 5.74) is 0.712.